The van der Waals surface area contributed by atoms with Gasteiger partial charge in [-0.1, -0.05) is 36.4 Å². The molecule has 2 nitrogen and oxygen atoms in total. The first kappa shape index (κ1) is 8.53. The monoisotopic (exact) mass is 162 g/mol. The molecular weight excluding hydrogens is 152 g/mol. The third-order valence-electron chi connectivity index (χ3n) is 1.46. The lowest BCUT2D eigenvalue weighted by molar-refractivity contribution is -0.131. The minimum Gasteiger partial charge on any atom is -0.478 e. The van der Waals surface area contributed by atoms with E-state index in [0.29, 0.717) is 6.42 Å². The Balaban J connectivity index is 2.49. The van der Waals surface area contributed by atoms with E-state index in [1.54, 1.807) is 6.08 Å². The summed E-state index contributed by atoms with van der Waals surface area (Å²) in [5.41, 5.74) is 1.12. The van der Waals surface area contributed by atoms with Crippen LogP contribution in [0.3, 0.4) is 0 Å². The van der Waals surface area contributed by atoms with E-state index in [0.717, 1.165) is 11.6 Å². The van der Waals surface area contributed by atoms with Gasteiger partial charge >= 0.3 is 5.97 Å². The number of allylic oxidation sites excluding steroid dienone is 1. The highest BCUT2D eigenvalue weighted by atomic mass is 16.4. The van der Waals surface area contributed by atoms with Gasteiger partial charge < -0.3 is 5.11 Å². The topological polar surface area (TPSA) is 37.3 Å². The van der Waals surface area contributed by atoms with Gasteiger partial charge in [0.2, 0.25) is 0 Å². The van der Waals surface area contributed by atoms with Gasteiger partial charge in [0.1, 0.15) is 0 Å². The Hall–Kier alpha value is -1.57. The molecule has 12 heavy (non-hydrogen) atoms. The fourth-order valence-corrected chi connectivity index (χ4v) is 0.910. The molecule has 1 N–H and O–H groups in total. The summed E-state index contributed by atoms with van der Waals surface area (Å²) >= 11 is 0. The maximum absolute atomic E-state index is 10.1. The second-order valence-corrected chi connectivity index (χ2v) is 2.43. The van der Waals surface area contributed by atoms with Crippen molar-refractivity contribution in [2.24, 2.45) is 0 Å². The Bertz CT molecular complexity index is 275. The third kappa shape index (κ3) is 3.01. The van der Waals surface area contributed by atoms with Crippen molar-refractivity contribution in [2.75, 3.05) is 0 Å². The first-order valence-electron chi connectivity index (χ1n) is 3.72. The van der Waals surface area contributed by atoms with Crippen molar-refractivity contribution in [3.63, 3.8) is 0 Å². The highest BCUT2D eigenvalue weighted by Gasteiger charge is 1.87. The van der Waals surface area contributed by atoms with Crippen LogP contribution < -0.4 is 0 Å². The lowest BCUT2D eigenvalue weighted by Crippen LogP contribution is -1.87. The molecule has 0 bridgehead atoms. The van der Waals surface area contributed by atoms with Gasteiger partial charge in [-0.05, 0) is 12.0 Å². The molecular formula is C10H10O2. The third-order valence-corrected chi connectivity index (χ3v) is 1.46. The summed E-state index contributed by atoms with van der Waals surface area (Å²) in [6.07, 6.45) is 3.47. The molecule has 0 spiro atoms. The number of aliphatic carboxylic acids is 1. The summed E-state index contributed by atoms with van der Waals surface area (Å²) in [6, 6.07) is 9.73. The fourth-order valence-electron chi connectivity index (χ4n) is 0.910. The lowest BCUT2D eigenvalue weighted by atomic mass is 10.1. The maximum Gasteiger partial charge on any atom is 0.327 e. The van der Waals surface area contributed by atoms with Gasteiger partial charge in [-0.15, -0.1) is 0 Å². The van der Waals surface area contributed by atoms with Gasteiger partial charge in [-0.2, -0.15) is 0 Å². The van der Waals surface area contributed by atoms with E-state index in [4.69, 9.17) is 5.11 Å². The quantitative estimate of drug-likeness (QED) is 0.689. The zero-order valence-corrected chi connectivity index (χ0v) is 6.60. The van der Waals surface area contributed by atoms with Crippen LogP contribution in [0.15, 0.2) is 42.5 Å². The van der Waals surface area contributed by atoms with Crippen LogP contribution in [0.5, 0.6) is 0 Å². The lowest BCUT2D eigenvalue weighted by Gasteiger charge is -1.92. The molecule has 0 aliphatic rings. The first-order valence-corrected chi connectivity index (χ1v) is 3.72. The van der Waals surface area contributed by atoms with Crippen LogP contribution in [0, 0.1) is 0 Å². The highest BCUT2D eigenvalue weighted by Crippen LogP contribution is 1.99. The molecule has 0 saturated heterocycles. The largest absolute Gasteiger partial charge is 0.478 e. The Morgan fingerprint density at radius 2 is 2.00 bits per heavy atom. The number of benzene rings is 1. The molecule has 0 heterocycles. The highest BCUT2D eigenvalue weighted by molar-refractivity contribution is 5.79. The number of carbonyl (C=O) groups is 1. The van der Waals surface area contributed by atoms with E-state index in [2.05, 4.69) is 0 Å². The average Bonchev–Trinajstić information content (AvgIpc) is 2.05. The zero-order valence-electron chi connectivity index (χ0n) is 6.60. The molecule has 2 heteroatoms. The summed E-state index contributed by atoms with van der Waals surface area (Å²) in [4.78, 5) is 10.1. The van der Waals surface area contributed by atoms with Crippen LogP contribution in [-0.4, -0.2) is 11.1 Å². The second kappa shape index (κ2) is 4.34. The summed E-state index contributed by atoms with van der Waals surface area (Å²) in [7, 11) is 0. The fraction of sp³-hybridized carbons (Fsp3) is 0.100. The predicted molar refractivity (Wildman–Crippen MR) is 46.9 cm³/mol. The Morgan fingerprint density at radius 3 is 2.58 bits per heavy atom. The Kier molecular flexibility index (Phi) is 3.08. The maximum atomic E-state index is 10.1. The van der Waals surface area contributed by atoms with E-state index in [9.17, 15) is 4.79 Å². The molecule has 0 saturated carbocycles. The van der Waals surface area contributed by atoms with E-state index in [1.807, 2.05) is 30.3 Å². The minimum atomic E-state index is -0.897. The van der Waals surface area contributed by atoms with Gasteiger partial charge in [0.25, 0.3) is 0 Å². The normalized spacial score (nSPS) is 10.3. The SMILES string of the molecule is O=C(O)/C=C/Cc1ccccc1. The molecule has 0 fully saturated rings. The predicted octanol–water partition coefficient (Wildman–Crippen LogP) is 1.87. The minimum absolute atomic E-state index is 0.674. The van der Waals surface area contributed by atoms with Crippen LogP contribution in [0.2, 0.25) is 0 Å². The zero-order chi connectivity index (χ0) is 8.81. The Morgan fingerprint density at radius 1 is 1.33 bits per heavy atom. The van der Waals surface area contributed by atoms with Crippen LogP contribution in [-0.2, 0) is 11.2 Å². The average molecular weight is 162 g/mol. The smallest absolute Gasteiger partial charge is 0.327 e. The van der Waals surface area contributed by atoms with Gasteiger partial charge in [0.05, 0.1) is 0 Å². The van der Waals surface area contributed by atoms with Gasteiger partial charge in [0, 0.05) is 6.08 Å². The summed E-state index contributed by atoms with van der Waals surface area (Å²) < 4.78 is 0. The van der Waals surface area contributed by atoms with E-state index >= 15 is 0 Å². The summed E-state index contributed by atoms with van der Waals surface area (Å²) in [5.74, 6) is -0.897. The molecule has 0 radical (unpaired) electrons. The molecule has 0 atom stereocenters. The van der Waals surface area contributed by atoms with Crippen LogP contribution >= 0.6 is 0 Å². The number of carboxylic acids is 1. The number of carboxylic acid groups (broad SMARTS) is 1. The molecule has 0 amide bonds. The first-order chi connectivity index (χ1) is 5.79. The Labute approximate surface area is 71.2 Å². The molecule has 0 unspecified atom stereocenters. The number of hydrogen-bond acceptors (Lipinski definition) is 1. The van der Waals surface area contributed by atoms with Crippen molar-refractivity contribution < 1.29 is 9.90 Å². The number of rotatable bonds is 3. The van der Waals surface area contributed by atoms with Crippen molar-refractivity contribution in [2.45, 2.75) is 6.42 Å². The summed E-state index contributed by atoms with van der Waals surface area (Å²) in [6.45, 7) is 0. The van der Waals surface area contributed by atoms with Crippen LogP contribution in [0.25, 0.3) is 0 Å². The second-order valence-electron chi connectivity index (χ2n) is 2.43. The van der Waals surface area contributed by atoms with Crippen molar-refractivity contribution in [3.8, 4) is 0 Å². The van der Waals surface area contributed by atoms with Crippen molar-refractivity contribution in [1.29, 1.82) is 0 Å². The molecule has 0 aromatic heterocycles. The van der Waals surface area contributed by atoms with Crippen LogP contribution in [0.4, 0.5) is 0 Å². The van der Waals surface area contributed by atoms with Gasteiger partial charge in [0.15, 0.2) is 0 Å². The molecule has 1 rings (SSSR count). The molecule has 0 aliphatic heterocycles. The molecule has 62 valence electrons. The van der Waals surface area contributed by atoms with Gasteiger partial charge in [-0.3, -0.25) is 0 Å². The van der Waals surface area contributed by atoms with Crippen molar-refractivity contribution in [1.82, 2.24) is 0 Å². The van der Waals surface area contributed by atoms with Crippen molar-refractivity contribution >= 4 is 5.97 Å². The molecule has 1 aromatic rings. The molecule has 1 aromatic carbocycles. The van der Waals surface area contributed by atoms with Crippen molar-refractivity contribution in [3.05, 3.63) is 48.0 Å². The van der Waals surface area contributed by atoms with E-state index < -0.39 is 5.97 Å². The van der Waals surface area contributed by atoms with E-state index in [1.165, 1.54) is 0 Å². The summed E-state index contributed by atoms with van der Waals surface area (Å²) in [5, 5.41) is 8.30. The van der Waals surface area contributed by atoms with E-state index in [-0.39, 0.29) is 0 Å². The molecule has 0 aliphatic carbocycles. The number of hydrogen-bond donors (Lipinski definition) is 1. The van der Waals surface area contributed by atoms with Crippen LogP contribution in [0.1, 0.15) is 5.56 Å². The standard InChI is InChI=1S/C10H10O2/c11-10(12)8-4-7-9-5-2-1-3-6-9/h1-6,8H,7H2,(H,11,12)/b8-4+. The van der Waals surface area contributed by atoms with Gasteiger partial charge in [-0.25, -0.2) is 4.79 Å².